The summed E-state index contributed by atoms with van der Waals surface area (Å²) in [5.74, 6) is 0.239. The van der Waals surface area contributed by atoms with E-state index >= 15 is 0 Å². The van der Waals surface area contributed by atoms with Crippen LogP contribution < -0.4 is 10.5 Å². The summed E-state index contributed by atoms with van der Waals surface area (Å²) in [6.07, 6.45) is 4.08. The molecular weight excluding hydrogens is 302 g/mol. The fourth-order valence-electron chi connectivity index (χ4n) is 3.05. The Bertz CT molecular complexity index is 506. The lowest BCUT2D eigenvalue weighted by molar-refractivity contribution is -0.135. The van der Waals surface area contributed by atoms with Gasteiger partial charge < -0.3 is 15.4 Å². The SMILES string of the molecule is CC(N)C1CCCCN1C(=O)CCc1ccc(OC(F)F)cc1. The van der Waals surface area contributed by atoms with Gasteiger partial charge in [-0.3, -0.25) is 4.79 Å². The predicted octanol–water partition coefficient (Wildman–Crippen LogP) is 2.95. The van der Waals surface area contributed by atoms with E-state index in [0.717, 1.165) is 31.4 Å². The molecule has 1 aromatic carbocycles. The first-order valence-electron chi connectivity index (χ1n) is 8.06. The molecule has 1 aliphatic heterocycles. The van der Waals surface area contributed by atoms with E-state index in [4.69, 9.17) is 5.73 Å². The Balaban J connectivity index is 1.88. The first kappa shape index (κ1) is 17.7. The van der Waals surface area contributed by atoms with Crippen LogP contribution in [-0.2, 0) is 11.2 Å². The Morgan fingerprint density at radius 2 is 2.04 bits per heavy atom. The van der Waals surface area contributed by atoms with Crippen molar-refractivity contribution in [2.75, 3.05) is 6.54 Å². The van der Waals surface area contributed by atoms with Gasteiger partial charge in [-0.15, -0.1) is 0 Å². The minimum atomic E-state index is -2.82. The fraction of sp³-hybridized carbons (Fsp3) is 0.588. The Hall–Kier alpha value is -1.69. The van der Waals surface area contributed by atoms with Crippen LogP contribution in [0.3, 0.4) is 0 Å². The monoisotopic (exact) mass is 326 g/mol. The summed E-state index contributed by atoms with van der Waals surface area (Å²) in [4.78, 5) is 14.4. The number of aryl methyl sites for hydroxylation is 1. The van der Waals surface area contributed by atoms with Crippen molar-refractivity contribution in [2.45, 2.75) is 57.7 Å². The summed E-state index contributed by atoms with van der Waals surface area (Å²) in [5.41, 5.74) is 6.92. The second-order valence-electron chi connectivity index (χ2n) is 6.03. The Morgan fingerprint density at radius 1 is 1.35 bits per heavy atom. The minimum Gasteiger partial charge on any atom is -0.435 e. The van der Waals surface area contributed by atoms with Crippen LogP contribution >= 0.6 is 0 Å². The lowest BCUT2D eigenvalue weighted by Crippen LogP contribution is -2.51. The molecule has 2 rings (SSSR count). The Labute approximate surface area is 135 Å². The van der Waals surface area contributed by atoms with E-state index in [0.29, 0.717) is 12.8 Å². The van der Waals surface area contributed by atoms with Gasteiger partial charge in [0.2, 0.25) is 5.91 Å². The van der Waals surface area contributed by atoms with Crippen LogP contribution in [-0.4, -0.2) is 36.0 Å². The number of hydrogen-bond donors (Lipinski definition) is 1. The van der Waals surface area contributed by atoms with Gasteiger partial charge in [-0.25, -0.2) is 0 Å². The van der Waals surface area contributed by atoms with Crippen molar-refractivity contribution in [2.24, 2.45) is 5.73 Å². The van der Waals surface area contributed by atoms with Crippen LogP contribution in [0.5, 0.6) is 5.75 Å². The molecule has 2 atom stereocenters. The predicted molar refractivity (Wildman–Crippen MR) is 84.4 cm³/mol. The molecule has 6 heteroatoms. The molecule has 23 heavy (non-hydrogen) atoms. The highest BCUT2D eigenvalue weighted by Gasteiger charge is 2.28. The smallest absolute Gasteiger partial charge is 0.387 e. The van der Waals surface area contributed by atoms with E-state index < -0.39 is 6.61 Å². The number of benzene rings is 1. The number of carbonyl (C=O) groups is 1. The molecule has 4 nitrogen and oxygen atoms in total. The van der Waals surface area contributed by atoms with Crippen molar-refractivity contribution in [1.82, 2.24) is 4.90 Å². The van der Waals surface area contributed by atoms with Crippen LogP contribution in [0.25, 0.3) is 0 Å². The molecular formula is C17H24F2N2O2. The molecule has 2 unspecified atom stereocenters. The average molecular weight is 326 g/mol. The van der Waals surface area contributed by atoms with E-state index in [2.05, 4.69) is 4.74 Å². The first-order valence-corrected chi connectivity index (χ1v) is 8.06. The molecule has 0 bridgehead atoms. The number of ether oxygens (including phenoxy) is 1. The van der Waals surface area contributed by atoms with Gasteiger partial charge in [-0.05, 0) is 50.3 Å². The number of halogens is 2. The zero-order chi connectivity index (χ0) is 16.8. The summed E-state index contributed by atoms with van der Waals surface area (Å²) in [6, 6.07) is 6.52. The van der Waals surface area contributed by atoms with Crippen molar-refractivity contribution in [1.29, 1.82) is 0 Å². The number of piperidine rings is 1. The molecule has 1 aromatic rings. The fourth-order valence-corrected chi connectivity index (χ4v) is 3.05. The Kier molecular flexibility index (Phi) is 6.33. The zero-order valence-corrected chi connectivity index (χ0v) is 13.4. The maximum Gasteiger partial charge on any atom is 0.387 e. The van der Waals surface area contributed by atoms with E-state index in [1.807, 2.05) is 11.8 Å². The lowest BCUT2D eigenvalue weighted by Gasteiger charge is -2.38. The van der Waals surface area contributed by atoms with Crippen molar-refractivity contribution in [3.8, 4) is 5.75 Å². The van der Waals surface area contributed by atoms with Crippen LogP contribution in [0, 0.1) is 0 Å². The topological polar surface area (TPSA) is 55.6 Å². The van der Waals surface area contributed by atoms with Gasteiger partial charge in [0.25, 0.3) is 0 Å². The summed E-state index contributed by atoms with van der Waals surface area (Å²) in [7, 11) is 0. The van der Waals surface area contributed by atoms with Crippen LogP contribution in [0.1, 0.15) is 38.2 Å². The lowest BCUT2D eigenvalue weighted by atomic mass is 9.96. The Morgan fingerprint density at radius 3 is 2.65 bits per heavy atom. The third kappa shape index (κ3) is 5.16. The molecule has 2 N–H and O–H groups in total. The quantitative estimate of drug-likeness (QED) is 0.874. The number of hydrogen-bond acceptors (Lipinski definition) is 3. The molecule has 1 amide bonds. The summed E-state index contributed by atoms with van der Waals surface area (Å²) >= 11 is 0. The highest BCUT2D eigenvalue weighted by molar-refractivity contribution is 5.77. The maximum atomic E-state index is 12.4. The maximum absolute atomic E-state index is 12.4. The summed E-state index contributed by atoms with van der Waals surface area (Å²) in [6.45, 7) is -0.110. The number of nitrogens with zero attached hydrogens (tertiary/aromatic N) is 1. The standard InChI is InChI=1S/C17H24F2N2O2/c1-12(20)15-4-2-3-11-21(15)16(22)10-7-13-5-8-14(9-6-13)23-17(18)19/h5-6,8-9,12,15,17H,2-4,7,10-11,20H2,1H3. The molecule has 128 valence electrons. The van der Waals surface area contributed by atoms with E-state index in [1.54, 1.807) is 12.1 Å². The molecule has 0 saturated carbocycles. The molecule has 1 fully saturated rings. The van der Waals surface area contributed by atoms with Crippen molar-refractivity contribution in [3.63, 3.8) is 0 Å². The van der Waals surface area contributed by atoms with Crippen LogP contribution in [0.2, 0.25) is 0 Å². The average Bonchev–Trinajstić information content (AvgIpc) is 2.53. The van der Waals surface area contributed by atoms with Crippen molar-refractivity contribution < 1.29 is 18.3 Å². The van der Waals surface area contributed by atoms with Crippen LogP contribution in [0.4, 0.5) is 8.78 Å². The van der Waals surface area contributed by atoms with Gasteiger partial charge in [-0.2, -0.15) is 8.78 Å². The van der Waals surface area contributed by atoms with Gasteiger partial charge in [0.05, 0.1) is 0 Å². The van der Waals surface area contributed by atoms with Crippen LogP contribution in [0.15, 0.2) is 24.3 Å². The summed E-state index contributed by atoms with van der Waals surface area (Å²) in [5, 5.41) is 0. The van der Waals surface area contributed by atoms with E-state index in [9.17, 15) is 13.6 Å². The van der Waals surface area contributed by atoms with Gasteiger partial charge in [0, 0.05) is 25.0 Å². The highest BCUT2D eigenvalue weighted by Crippen LogP contribution is 2.21. The molecule has 1 aliphatic rings. The third-order valence-corrected chi connectivity index (χ3v) is 4.25. The molecule has 0 aromatic heterocycles. The zero-order valence-electron chi connectivity index (χ0n) is 13.4. The third-order valence-electron chi connectivity index (χ3n) is 4.25. The highest BCUT2D eigenvalue weighted by atomic mass is 19.3. The number of amides is 1. The number of nitrogens with two attached hydrogens (primary N) is 1. The van der Waals surface area contributed by atoms with Crippen molar-refractivity contribution in [3.05, 3.63) is 29.8 Å². The second kappa shape index (κ2) is 8.24. The number of alkyl halides is 2. The molecule has 0 aliphatic carbocycles. The van der Waals surface area contributed by atoms with Gasteiger partial charge in [0.1, 0.15) is 5.75 Å². The minimum absolute atomic E-state index is 0.0231. The second-order valence-corrected chi connectivity index (χ2v) is 6.03. The van der Waals surface area contributed by atoms with Gasteiger partial charge in [0.15, 0.2) is 0 Å². The summed E-state index contributed by atoms with van der Waals surface area (Å²) < 4.78 is 28.5. The molecule has 1 heterocycles. The van der Waals surface area contributed by atoms with E-state index in [-0.39, 0.29) is 23.7 Å². The van der Waals surface area contributed by atoms with Gasteiger partial charge in [-0.1, -0.05) is 12.1 Å². The van der Waals surface area contributed by atoms with Gasteiger partial charge >= 0.3 is 6.61 Å². The molecule has 0 spiro atoms. The largest absolute Gasteiger partial charge is 0.435 e. The molecule has 1 saturated heterocycles. The number of likely N-dealkylation sites (tertiary alicyclic amines) is 1. The number of rotatable bonds is 6. The van der Waals surface area contributed by atoms with E-state index in [1.165, 1.54) is 12.1 Å². The molecule has 0 radical (unpaired) electrons. The van der Waals surface area contributed by atoms with Crippen molar-refractivity contribution >= 4 is 5.91 Å². The first-order chi connectivity index (χ1) is 11.0. The normalized spacial score (nSPS) is 19.7. The number of carbonyl (C=O) groups excluding carboxylic acids is 1.